The maximum absolute atomic E-state index is 12.3. The van der Waals surface area contributed by atoms with Gasteiger partial charge in [-0.15, -0.1) is 0 Å². The van der Waals surface area contributed by atoms with Gasteiger partial charge in [0.05, 0.1) is 17.5 Å². The first-order chi connectivity index (χ1) is 10.5. The second-order valence-corrected chi connectivity index (χ2v) is 6.10. The molecule has 22 heavy (non-hydrogen) atoms. The SMILES string of the molecule is Cc1cc(NC(=O)CN2C(=O)C3CCCCC3C2=O)n(C)n1. The molecule has 3 amide bonds. The van der Waals surface area contributed by atoms with Crippen LogP contribution >= 0.6 is 0 Å². The molecule has 2 unspecified atom stereocenters. The Morgan fingerprint density at radius 1 is 1.27 bits per heavy atom. The zero-order chi connectivity index (χ0) is 15.9. The Kier molecular flexibility index (Phi) is 3.72. The highest BCUT2D eigenvalue weighted by Crippen LogP contribution is 2.37. The molecule has 118 valence electrons. The number of nitrogens with one attached hydrogen (secondary N) is 1. The van der Waals surface area contributed by atoms with Gasteiger partial charge in [0.1, 0.15) is 12.4 Å². The van der Waals surface area contributed by atoms with Crippen molar-refractivity contribution in [3.8, 4) is 0 Å². The summed E-state index contributed by atoms with van der Waals surface area (Å²) in [6.07, 6.45) is 3.48. The number of fused-ring (bicyclic) bond motifs is 1. The molecule has 1 saturated carbocycles. The maximum atomic E-state index is 12.3. The monoisotopic (exact) mass is 304 g/mol. The third kappa shape index (κ3) is 2.51. The van der Waals surface area contributed by atoms with Crippen LogP contribution < -0.4 is 5.32 Å². The molecule has 2 heterocycles. The van der Waals surface area contributed by atoms with Crippen molar-refractivity contribution in [3.63, 3.8) is 0 Å². The molecule has 1 aliphatic carbocycles. The lowest BCUT2D eigenvalue weighted by Crippen LogP contribution is -2.38. The van der Waals surface area contributed by atoms with Gasteiger partial charge in [0.15, 0.2) is 0 Å². The summed E-state index contributed by atoms with van der Waals surface area (Å²) in [5.74, 6) is -0.625. The molecule has 1 N–H and O–H groups in total. The van der Waals surface area contributed by atoms with Crippen LogP contribution in [0.15, 0.2) is 6.07 Å². The van der Waals surface area contributed by atoms with Crippen molar-refractivity contribution >= 4 is 23.5 Å². The number of amides is 3. The standard InChI is InChI=1S/C15H20N4O3/c1-9-7-12(18(2)17-9)16-13(20)8-19-14(21)10-5-3-4-6-11(10)15(19)22/h7,10-11H,3-6,8H2,1-2H3,(H,16,20). The molecular formula is C15H20N4O3. The number of rotatable bonds is 3. The Labute approximate surface area is 128 Å². The van der Waals surface area contributed by atoms with Crippen molar-refractivity contribution in [1.82, 2.24) is 14.7 Å². The number of aryl methyl sites for hydroxylation is 2. The summed E-state index contributed by atoms with van der Waals surface area (Å²) in [6, 6.07) is 1.74. The van der Waals surface area contributed by atoms with Crippen LogP contribution in [0.25, 0.3) is 0 Å². The highest BCUT2D eigenvalue weighted by molar-refractivity contribution is 6.08. The van der Waals surface area contributed by atoms with Crippen LogP contribution in [0.1, 0.15) is 31.4 Å². The summed E-state index contributed by atoms with van der Waals surface area (Å²) in [4.78, 5) is 37.9. The highest BCUT2D eigenvalue weighted by Gasteiger charge is 2.48. The number of carbonyl (C=O) groups is 3. The first-order valence-corrected chi connectivity index (χ1v) is 7.63. The number of hydrogen-bond donors (Lipinski definition) is 1. The average molecular weight is 304 g/mol. The summed E-state index contributed by atoms with van der Waals surface area (Å²) < 4.78 is 1.56. The van der Waals surface area contributed by atoms with Crippen LogP contribution in [0.2, 0.25) is 0 Å². The summed E-state index contributed by atoms with van der Waals surface area (Å²) in [6.45, 7) is 1.61. The fourth-order valence-electron chi connectivity index (χ4n) is 3.44. The molecular weight excluding hydrogens is 284 g/mol. The summed E-state index contributed by atoms with van der Waals surface area (Å²) >= 11 is 0. The van der Waals surface area contributed by atoms with Gasteiger partial charge in [-0.2, -0.15) is 5.10 Å². The Balaban J connectivity index is 1.67. The second kappa shape index (κ2) is 5.55. The molecule has 3 rings (SSSR count). The summed E-state index contributed by atoms with van der Waals surface area (Å²) in [5.41, 5.74) is 0.789. The first-order valence-electron chi connectivity index (χ1n) is 7.63. The molecule has 2 aliphatic rings. The predicted molar refractivity (Wildman–Crippen MR) is 78.7 cm³/mol. The lowest BCUT2D eigenvalue weighted by atomic mass is 9.81. The normalized spacial score (nSPS) is 24.5. The lowest BCUT2D eigenvalue weighted by Gasteiger charge is -2.19. The molecule has 0 spiro atoms. The van der Waals surface area contributed by atoms with E-state index in [-0.39, 0.29) is 36.1 Å². The molecule has 2 atom stereocenters. The highest BCUT2D eigenvalue weighted by atomic mass is 16.2. The molecule has 0 radical (unpaired) electrons. The van der Waals surface area contributed by atoms with Crippen molar-refractivity contribution in [3.05, 3.63) is 11.8 Å². The smallest absolute Gasteiger partial charge is 0.245 e. The van der Waals surface area contributed by atoms with Crippen molar-refractivity contribution in [2.45, 2.75) is 32.6 Å². The predicted octanol–water partition coefficient (Wildman–Crippen LogP) is 0.842. The maximum Gasteiger partial charge on any atom is 0.245 e. The number of carbonyl (C=O) groups excluding carboxylic acids is 3. The minimum atomic E-state index is -0.372. The Morgan fingerprint density at radius 2 is 1.86 bits per heavy atom. The van der Waals surface area contributed by atoms with E-state index in [1.165, 1.54) is 0 Å². The van der Waals surface area contributed by atoms with Crippen molar-refractivity contribution in [2.75, 3.05) is 11.9 Å². The molecule has 0 aromatic carbocycles. The Morgan fingerprint density at radius 3 is 2.36 bits per heavy atom. The van der Waals surface area contributed by atoms with Crippen LogP contribution in [0.5, 0.6) is 0 Å². The summed E-state index contributed by atoms with van der Waals surface area (Å²) in [5, 5.41) is 6.83. The zero-order valence-corrected chi connectivity index (χ0v) is 12.8. The molecule has 0 bridgehead atoms. The van der Waals surface area contributed by atoms with Gasteiger partial charge in [-0.1, -0.05) is 12.8 Å². The topological polar surface area (TPSA) is 84.3 Å². The third-order valence-corrected chi connectivity index (χ3v) is 4.50. The van der Waals surface area contributed by atoms with Crippen molar-refractivity contribution in [2.24, 2.45) is 18.9 Å². The van der Waals surface area contributed by atoms with Gasteiger partial charge in [0.25, 0.3) is 0 Å². The molecule has 2 fully saturated rings. The second-order valence-electron chi connectivity index (χ2n) is 6.10. The molecule has 1 aromatic heterocycles. The van der Waals surface area contributed by atoms with Gasteiger partial charge in [-0.25, -0.2) is 0 Å². The Hall–Kier alpha value is -2.18. The van der Waals surface area contributed by atoms with Crippen LogP contribution in [0.3, 0.4) is 0 Å². The van der Waals surface area contributed by atoms with Crippen LogP contribution in [-0.2, 0) is 21.4 Å². The fraction of sp³-hybridized carbons (Fsp3) is 0.600. The van der Waals surface area contributed by atoms with Crippen LogP contribution in [0.4, 0.5) is 5.82 Å². The number of anilines is 1. The van der Waals surface area contributed by atoms with E-state index >= 15 is 0 Å². The van der Waals surface area contributed by atoms with Gasteiger partial charge in [-0.3, -0.25) is 24.0 Å². The van der Waals surface area contributed by atoms with Gasteiger partial charge in [-0.05, 0) is 19.8 Å². The van der Waals surface area contributed by atoms with Gasteiger partial charge >= 0.3 is 0 Å². The number of hydrogen-bond acceptors (Lipinski definition) is 4. The van der Waals surface area contributed by atoms with Crippen molar-refractivity contribution in [1.29, 1.82) is 0 Å². The molecule has 1 aliphatic heterocycles. The number of likely N-dealkylation sites (tertiary alicyclic amines) is 1. The quantitative estimate of drug-likeness (QED) is 0.839. The van der Waals surface area contributed by atoms with E-state index in [4.69, 9.17) is 0 Å². The zero-order valence-electron chi connectivity index (χ0n) is 12.8. The van der Waals surface area contributed by atoms with E-state index in [2.05, 4.69) is 10.4 Å². The minimum Gasteiger partial charge on any atom is -0.309 e. The molecule has 1 aromatic rings. The first kappa shape index (κ1) is 14.7. The van der Waals surface area contributed by atoms with E-state index < -0.39 is 0 Å². The van der Waals surface area contributed by atoms with E-state index in [0.717, 1.165) is 36.3 Å². The largest absolute Gasteiger partial charge is 0.309 e. The van der Waals surface area contributed by atoms with Crippen LogP contribution in [0, 0.1) is 18.8 Å². The Bertz CT molecular complexity index is 613. The van der Waals surface area contributed by atoms with Crippen molar-refractivity contribution < 1.29 is 14.4 Å². The van der Waals surface area contributed by atoms with E-state index in [1.54, 1.807) is 17.8 Å². The fourth-order valence-corrected chi connectivity index (χ4v) is 3.44. The number of imide groups is 1. The van der Waals surface area contributed by atoms with E-state index in [9.17, 15) is 14.4 Å². The van der Waals surface area contributed by atoms with E-state index in [1.807, 2.05) is 6.92 Å². The van der Waals surface area contributed by atoms with E-state index in [0.29, 0.717) is 5.82 Å². The molecule has 7 nitrogen and oxygen atoms in total. The van der Waals surface area contributed by atoms with Gasteiger partial charge < -0.3 is 5.32 Å². The summed E-state index contributed by atoms with van der Waals surface area (Å²) in [7, 11) is 1.73. The minimum absolute atomic E-state index is 0.189. The van der Waals surface area contributed by atoms with Gasteiger partial charge in [0.2, 0.25) is 17.7 Å². The number of nitrogens with zero attached hydrogens (tertiary/aromatic N) is 3. The number of aromatic nitrogens is 2. The van der Waals surface area contributed by atoms with Gasteiger partial charge in [0, 0.05) is 13.1 Å². The third-order valence-electron chi connectivity index (χ3n) is 4.50. The average Bonchev–Trinajstić information content (AvgIpc) is 2.91. The lowest BCUT2D eigenvalue weighted by molar-refractivity contribution is -0.142. The molecule has 7 heteroatoms. The molecule has 1 saturated heterocycles. The van der Waals surface area contributed by atoms with Crippen LogP contribution in [-0.4, -0.2) is 38.9 Å².